The highest BCUT2D eigenvalue weighted by Crippen LogP contribution is 2.19. The Morgan fingerprint density at radius 3 is 2.43 bits per heavy atom. The monoisotopic (exact) mass is 387 g/mol. The van der Waals surface area contributed by atoms with Crippen LogP contribution in [-0.2, 0) is 32.0 Å². The number of ether oxygens (including phenoxy) is 3. The molecule has 7 nitrogen and oxygen atoms in total. The van der Waals surface area contributed by atoms with Gasteiger partial charge in [-0.25, -0.2) is 0 Å². The molecule has 0 unspecified atom stereocenters. The number of esters is 2. The number of rotatable bonds is 9. The zero-order chi connectivity index (χ0) is 20.7. The Morgan fingerprint density at radius 2 is 1.75 bits per heavy atom. The molecule has 0 radical (unpaired) electrons. The standard InChI is InChI=1S/C21H25NO6/c1-14-11-17(15(2)22(14)10-9-20(24)27-4)18(23)13-28-21(25)12-16-7-5-6-8-19(16)26-3/h5-8,11H,9-10,12-13H2,1-4H3. The van der Waals surface area contributed by atoms with E-state index in [1.165, 1.54) is 14.2 Å². The van der Waals surface area contributed by atoms with E-state index >= 15 is 0 Å². The fourth-order valence-corrected chi connectivity index (χ4v) is 3.01. The number of benzene rings is 1. The summed E-state index contributed by atoms with van der Waals surface area (Å²) in [5.41, 5.74) is 2.76. The molecule has 150 valence electrons. The predicted octanol–water partition coefficient (Wildman–Crippen LogP) is 2.65. The number of hydrogen-bond acceptors (Lipinski definition) is 6. The van der Waals surface area contributed by atoms with Crippen molar-refractivity contribution in [2.75, 3.05) is 20.8 Å². The molecule has 0 bridgehead atoms. The second-order valence-electron chi connectivity index (χ2n) is 6.34. The lowest BCUT2D eigenvalue weighted by atomic mass is 10.1. The smallest absolute Gasteiger partial charge is 0.310 e. The van der Waals surface area contributed by atoms with Crippen LogP contribution >= 0.6 is 0 Å². The van der Waals surface area contributed by atoms with E-state index < -0.39 is 5.97 Å². The molecule has 0 aliphatic heterocycles. The van der Waals surface area contributed by atoms with Gasteiger partial charge in [0.1, 0.15) is 5.75 Å². The number of hydrogen-bond donors (Lipinski definition) is 0. The molecule has 0 saturated carbocycles. The Bertz CT molecular complexity index is 868. The van der Waals surface area contributed by atoms with Crippen LogP contribution in [0.4, 0.5) is 0 Å². The molecule has 0 saturated heterocycles. The Labute approximate surface area is 164 Å². The SMILES string of the molecule is COC(=O)CCn1c(C)cc(C(=O)COC(=O)Cc2ccccc2OC)c1C. The molecule has 0 atom stereocenters. The second-order valence-corrected chi connectivity index (χ2v) is 6.34. The largest absolute Gasteiger partial charge is 0.496 e. The first-order chi connectivity index (χ1) is 13.4. The highest BCUT2D eigenvalue weighted by Gasteiger charge is 2.18. The maximum atomic E-state index is 12.5. The van der Waals surface area contributed by atoms with Gasteiger partial charge in [0.2, 0.25) is 5.78 Å². The number of carbonyl (C=O) groups is 3. The van der Waals surface area contributed by atoms with Crippen molar-refractivity contribution in [1.82, 2.24) is 4.57 Å². The minimum atomic E-state index is -0.502. The summed E-state index contributed by atoms with van der Waals surface area (Å²) in [6.07, 6.45) is 0.240. The van der Waals surface area contributed by atoms with Gasteiger partial charge in [0.15, 0.2) is 6.61 Å². The van der Waals surface area contributed by atoms with Crippen molar-refractivity contribution in [3.63, 3.8) is 0 Å². The topological polar surface area (TPSA) is 83.8 Å². The van der Waals surface area contributed by atoms with Gasteiger partial charge in [-0.3, -0.25) is 14.4 Å². The van der Waals surface area contributed by atoms with Gasteiger partial charge in [-0.2, -0.15) is 0 Å². The van der Waals surface area contributed by atoms with Gasteiger partial charge in [0.05, 0.1) is 27.1 Å². The van der Waals surface area contributed by atoms with Crippen LogP contribution in [0.1, 0.15) is 33.7 Å². The average Bonchev–Trinajstić information content (AvgIpc) is 2.98. The van der Waals surface area contributed by atoms with E-state index in [-0.39, 0.29) is 31.2 Å². The summed E-state index contributed by atoms with van der Waals surface area (Å²) in [4.78, 5) is 35.9. The molecule has 1 aromatic heterocycles. The Kier molecular flexibility index (Phi) is 7.37. The summed E-state index contributed by atoms with van der Waals surface area (Å²) in [6.45, 7) is 3.74. The highest BCUT2D eigenvalue weighted by atomic mass is 16.5. The van der Waals surface area contributed by atoms with Crippen LogP contribution in [0.3, 0.4) is 0 Å². The van der Waals surface area contributed by atoms with Crippen molar-refractivity contribution >= 4 is 17.7 Å². The van der Waals surface area contributed by atoms with Crippen molar-refractivity contribution < 1.29 is 28.6 Å². The first-order valence-electron chi connectivity index (χ1n) is 8.91. The van der Waals surface area contributed by atoms with Gasteiger partial charge in [0.25, 0.3) is 0 Å². The Hall–Kier alpha value is -3.09. The minimum Gasteiger partial charge on any atom is -0.496 e. The summed E-state index contributed by atoms with van der Waals surface area (Å²) in [5.74, 6) is -0.506. The van der Waals surface area contributed by atoms with Crippen molar-refractivity contribution in [3.05, 3.63) is 52.8 Å². The fourth-order valence-electron chi connectivity index (χ4n) is 3.01. The van der Waals surface area contributed by atoms with Crippen LogP contribution in [0.15, 0.2) is 30.3 Å². The number of methoxy groups -OCH3 is 2. The van der Waals surface area contributed by atoms with Crippen LogP contribution < -0.4 is 4.74 Å². The van der Waals surface area contributed by atoms with Crippen molar-refractivity contribution in [1.29, 1.82) is 0 Å². The van der Waals surface area contributed by atoms with Crippen LogP contribution in [0.25, 0.3) is 0 Å². The minimum absolute atomic E-state index is 0.0233. The molecule has 1 heterocycles. The summed E-state index contributed by atoms with van der Waals surface area (Å²) in [5, 5.41) is 0. The molecular formula is C21H25NO6. The van der Waals surface area contributed by atoms with Crippen LogP contribution in [0.5, 0.6) is 5.75 Å². The average molecular weight is 387 g/mol. The molecule has 28 heavy (non-hydrogen) atoms. The van der Waals surface area contributed by atoms with E-state index in [1.807, 2.05) is 17.6 Å². The maximum absolute atomic E-state index is 12.5. The summed E-state index contributed by atoms with van der Waals surface area (Å²) < 4.78 is 16.9. The fraction of sp³-hybridized carbons (Fsp3) is 0.381. The van der Waals surface area contributed by atoms with E-state index in [1.54, 1.807) is 31.2 Å². The number of Topliss-reactive ketones (excluding diaryl/α,β-unsaturated/α-hetero) is 1. The number of aromatic nitrogens is 1. The second kappa shape index (κ2) is 9.73. The first kappa shape index (κ1) is 21.2. The van der Waals surface area contributed by atoms with E-state index in [9.17, 15) is 14.4 Å². The van der Waals surface area contributed by atoms with E-state index in [0.29, 0.717) is 23.4 Å². The molecule has 0 spiro atoms. The third-order valence-corrected chi connectivity index (χ3v) is 4.53. The molecule has 0 amide bonds. The van der Waals surface area contributed by atoms with Gasteiger partial charge in [-0.1, -0.05) is 18.2 Å². The zero-order valence-electron chi connectivity index (χ0n) is 16.6. The summed E-state index contributed by atoms with van der Waals surface area (Å²) >= 11 is 0. The molecule has 1 aromatic carbocycles. The molecule has 0 aliphatic rings. The van der Waals surface area contributed by atoms with Gasteiger partial charge in [-0.05, 0) is 26.0 Å². The number of carbonyl (C=O) groups excluding carboxylic acids is 3. The lowest BCUT2D eigenvalue weighted by molar-refractivity contribution is -0.142. The van der Waals surface area contributed by atoms with E-state index in [2.05, 4.69) is 4.74 Å². The highest BCUT2D eigenvalue weighted by molar-refractivity contribution is 5.99. The zero-order valence-corrected chi connectivity index (χ0v) is 16.6. The van der Waals surface area contributed by atoms with E-state index in [4.69, 9.17) is 9.47 Å². The first-order valence-corrected chi connectivity index (χ1v) is 8.91. The van der Waals surface area contributed by atoms with Gasteiger partial charge in [0, 0.05) is 29.1 Å². The molecule has 2 aromatic rings. The number of ketones is 1. The van der Waals surface area contributed by atoms with Crippen molar-refractivity contribution in [2.24, 2.45) is 0 Å². The summed E-state index contributed by atoms with van der Waals surface area (Å²) in [7, 11) is 2.87. The van der Waals surface area contributed by atoms with Gasteiger partial charge in [-0.15, -0.1) is 0 Å². The van der Waals surface area contributed by atoms with Crippen molar-refractivity contribution in [3.8, 4) is 5.75 Å². The lowest BCUT2D eigenvalue weighted by Gasteiger charge is -2.09. The lowest BCUT2D eigenvalue weighted by Crippen LogP contribution is -2.17. The molecule has 0 fully saturated rings. The van der Waals surface area contributed by atoms with Crippen molar-refractivity contribution in [2.45, 2.75) is 33.2 Å². The van der Waals surface area contributed by atoms with Crippen LogP contribution in [0, 0.1) is 13.8 Å². The van der Waals surface area contributed by atoms with E-state index in [0.717, 1.165) is 11.4 Å². The number of nitrogens with zero attached hydrogens (tertiary/aromatic N) is 1. The molecule has 0 N–H and O–H groups in total. The Morgan fingerprint density at radius 1 is 1.04 bits per heavy atom. The third-order valence-electron chi connectivity index (χ3n) is 4.53. The number of aryl methyl sites for hydroxylation is 1. The Balaban J connectivity index is 1.97. The molecular weight excluding hydrogens is 362 g/mol. The van der Waals surface area contributed by atoms with Gasteiger partial charge < -0.3 is 18.8 Å². The van der Waals surface area contributed by atoms with Gasteiger partial charge >= 0.3 is 11.9 Å². The van der Waals surface area contributed by atoms with Crippen LogP contribution in [0.2, 0.25) is 0 Å². The third kappa shape index (κ3) is 5.22. The molecule has 0 aliphatic carbocycles. The quantitative estimate of drug-likeness (QED) is 0.486. The normalized spacial score (nSPS) is 10.4. The predicted molar refractivity (Wildman–Crippen MR) is 103 cm³/mol. The van der Waals surface area contributed by atoms with Crippen LogP contribution in [-0.4, -0.2) is 43.1 Å². The maximum Gasteiger partial charge on any atom is 0.310 e. The molecule has 7 heteroatoms. The number of para-hydroxylation sites is 1. The molecule has 2 rings (SSSR count). The summed E-state index contributed by atoms with van der Waals surface area (Å²) in [6, 6.07) is 8.89.